The number of nitriles is 1. The van der Waals surface area contributed by atoms with Crippen molar-refractivity contribution in [1.29, 1.82) is 5.26 Å². The highest BCUT2D eigenvalue weighted by Gasteiger charge is 2.13. The van der Waals surface area contributed by atoms with Gasteiger partial charge in [-0.25, -0.2) is 4.98 Å². The van der Waals surface area contributed by atoms with Crippen LogP contribution in [0.3, 0.4) is 0 Å². The summed E-state index contributed by atoms with van der Waals surface area (Å²) >= 11 is 1.47. The number of ether oxygens (including phenoxy) is 1. The standard InChI is InChI=1S/C21H21N3O2S/c1-4-5-10-26-17-8-6-15(7-9-17)11-16(12-22)19-23-20(25)18-13(2)14(3)27-21(18)24-19/h6-9,11H,4-5,10H2,1-3H3,(H,23,24,25). The number of aromatic nitrogens is 2. The number of allylic oxidation sites excluding steroid dienone is 1. The van der Waals surface area contributed by atoms with Gasteiger partial charge in [0.2, 0.25) is 0 Å². The van der Waals surface area contributed by atoms with Gasteiger partial charge in [0.15, 0.2) is 5.82 Å². The largest absolute Gasteiger partial charge is 0.494 e. The fourth-order valence-corrected chi connectivity index (χ4v) is 3.73. The molecule has 2 heterocycles. The summed E-state index contributed by atoms with van der Waals surface area (Å²) in [6, 6.07) is 9.66. The maximum Gasteiger partial charge on any atom is 0.260 e. The third-order valence-corrected chi connectivity index (χ3v) is 5.47. The lowest BCUT2D eigenvalue weighted by atomic mass is 10.1. The van der Waals surface area contributed by atoms with E-state index in [4.69, 9.17) is 4.74 Å². The molecule has 0 unspecified atom stereocenters. The first-order chi connectivity index (χ1) is 13.0. The molecular formula is C21H21N3O2S. The molecule has 0 aliphatic carbocycles. The van der Waals surface area contributed by atoms with E-state index in [1.165, 1.54) is 11.3 Å². The highest BCUT2D eigenvalue weighted by Crippen LogP contribution is 2.27. The van der Waals surface area contributed by atoms with Gasteiger partial charge in [0, 0.05) is 4.88 Å². The molecule has 0 fully saturated rings. The van der Waals surface area contributed by atoms with Crippen LogP contribution in [-0.2, 0) is 0 Å². The minimum atomic E-state index is -0.210. The van der Waals surface area contributed by atoms with Crippen molar-refractivity contribution < 1.29 is 4.74 Å². The molecule has 1 aromatic carbocycles. The van der Waals surface area contributed by atoms with E-state index in [0.717, 1.165) is 34.6 Å². The first kappa shape index (κ1) is 18.9. The summed E-state index contributed by atoms with van der Waals surface area (Å²) in [5, 5.41) is 10.2. The van der Waals surface area contributed by atoms with Crippen LogP contribution in [0.2, 0.25) is 0 Å². The lowest BCUT2D eigenvalue weighted by Gasteiger charge is -2.05. The Labute approximate surface area is 162 Å². The molecule has 1 N–H and O–H groups in total. The summed E-state index contributed by atoms with van der Waals surface area (Å²) in [5.74, 6) is 1.09. The Bertz CT molecular complexity index is 1090. The molecule has 0 amide bonds. The van der Waals surface area contributed by atoms with E-state index in [1.54, 1.807) is 6.08 Å². The van der Waals surface area contributed by atoms with Gasteiger partial charge in [-0.3, -0.25) is 4.79 Å². The summed E-state index contributed by atoms with van der Waals surface area (Å²) in [5.41, 5.74) is 1.89. The number of unbranched alkanes of at least 4 members (excludes halogenated alkanes) is 1. The topological polar surface area (TPSA) is 78.8 Å². The maximum atomic E-state index is 12.4. The van der Waals surface area contributed by atoms with Gasteiger partial charge in [-0.1, -0.05) is 25.5 Å². The van der Waals surface area contributed by atoms with E-state index in [-0.39, 0.29) is 5.56 Å². The second kappa shape index (κ2) is 8.19. The molecule has 0 saturated carbocycles. The Balaban J connectivity index is 1.92. The van der Waals surface area contributed by atoms with Crippen LogP contribution in [0.1, 0.15) is 41.6 Å². The Hall–Kier alpha value is -2.91. The average molecular weight is 379 g/mol. The number of nitrogens with zero attached hydrogens (tertiary/aromatic N) is 2. The van der Waals surface area contributed by atoms with Crippen molar-refractivity contribution in [2.75, 3.05) is 6.61 Å². The number of aryl methyl sites for hydroxylation is 2. The van der Waals surface area contributed by atoms with Crippen molar-refractivity contribution >= 4 is 33.2 Å². The normalized spacial score (nSPS) is 11.6. The van der Waals surface area contributed by atoms with Crippen molar-refractivity contribution in [2.45, 2.75) is 33.6 Å². The molecule has 27 heavy (non-hydrogen) atoms. The van der Waals surface area contributed by atoms with Crippen molar-refractivity contribution in [3.05, 3.63) is 56.4 Å². The molecular weight excluding hydrogens is 358 g/mol. The second-order valence-electron chi connectivity index (χ2n) is 6.32. The Morgan fingerprint density at radius 1 is 1.33 bits per heavy atom. The SMILES string of the molecule is CCCCOc1ccc(C=C(C#N)c2nc3sc(C)c(C)c3c(=O)[nH]2)cc1. The summed E-state index contributed by atoms with van der Waals surface area (Å²) in [7, 11) is 0. The summed E-state index contributed by atoms with van der Waals surface area (Å²) in [6.07, 6.45) is 3.82. The minimum absolute atomic E-state index is 0.210. The molecule has 0 bridgehead atoms. The summed E-state index contributed by atoms with van der Waals surface area (Å²) < 4.78 is 5.65. The van der Waals surface area contributed by atoms with E-state index in [0.29, 0.717) is 28.2 Å². The lowest BCUT2D eigenvalue weighted by molar-refractivity contribution is 0.309. The zero-order valence-electron chi connectivity index (χ0n) is 15.6. The number of hydrogen-bond donors (Lipinski definition) is 1. The van der Waals surface area contributed by atoms with Gasteiger partial charge in [-0.2, -0.15) is 5.26 Å². The molecule has 0 aliphatic heterocycles. The molecule has 5 nitrogen and oxygen atoms in total. The Kier molecular flexibility index (Phi) is 5.72. The first-order valence-corrected chi connectivity index (χ1v) is 9.70. The summed E-state index contributed by atoms with van der Waals surface area (Å²) in [4.78, 5) is 21.4. The summed E-state index contributed by atoms with van der Waals surface area (Å²) in [6.45, 7) is 6.69. The maximum absolute atomic E-state index is 12.4. The van der Waals surface area contributed by atoms with Gasteiger partial charge < -0.3 is 9.72 Å². The smallest absolute Gasteiger partial charge is 0.260 e. The fraction of sp³-hybridized carbons (Fsp3) is 0.286. The van der Waals surface area contributed by atoms with E-state index in [2.05, 4.69) is 23.0 Å². The zero-order chi connectivity index (χ0) is 19.4. The van der Waals surface area contributed by atoms with Crippen molar-refractivity contribution in [3.8, 4) is 11.8 Å². The van der Waals surface area contributed by atoms with Gasteiger partial charge in [-0.15, -0.1) is 11.3 Å². The Morgan fingerprint density at radius 2 is 2.07 bits per heavy atom. The number of thiophene rings is 1. The monoisotopic (exact) mass is 379 g/mol. The van der Waals surface area contributed by atoms with Crippen molar-refractivity contribution in [2.24, 2.45) is 0 Å². The van der Waals surface area contributed by atoms with Gasteiger partial charge in [0.1, 0.15) is 16.6 Å². The van der Waals surface area contributed by atoms with E-state index < -0.39 is 0 Å². The van der Waals surface area contributed by atoms with Crippen LogP contribution >= 0.6 is 11.3 Å². The first-order valence-electron chi connectivity index (χ1n) is 8.88. The van der Waals surface area contributed by atoms with Crippen LogP contribution in [0.5, 0.6) is 5.75 Å². The number of benzene rings is 1. The van der Waals surface area contributed by atoms with Crippen LogP contribution in [0.4, 0.5) is 0 Å². The Morgan fingerprint density at radius 3 is 2.74 bits per heavy atom. The number of nitrogens with one attached hydrogen (secondary N) is 1. The molecule has 0 aliphatic rings. The lowest BCUT2D eigenvalue weighted by Crippen LogP contribution is -2.10. The van der Waals surface area contributed by atoms with Crippen LogP contribution in [0.25, 0.3) is 21.9 Å². The molecule has 0 atom stereocenters. The predicted molar refractivity (Wildman–Crippen MR) is 110 cm³/mol. The highest BCUT2D eigenvalue weighted by molar-refractivity contribution is 7.18. The van der Waals surface area contributed by atoms with Crippen LogP contribution < -0.4 is 10.3 Å². The molecule has 0 spiro atoms. The molecule has 138 valence electrons. The molecule has 0 radical (unpaired) electrons. The zero-order valence-corrected chi connectivity index (χ0v) is 16.4. The molecule has 3 rings (SSSR count). The van der Waals surface area contributed by atoms with Gasteiger partial charge in [0.05, 0.1) is 17.6 Å². The molecule has 0 saturated heterocycles. The fourth-order valence-electron chi connectivity index (χ4n) is 2.70. The quantitative estimate of drug-likeness (QED) is 0.491. The molecule has 2 aromatic heterocycles. The number of aromatic amines is 1. The van der Waals surface area contributed by atoms with Crippen LogP contribution in [0.15, 0.2) is 29.1 Å². The van der Waals surface area contributed by atoms with E-state index in [1.807, 2.05) is 38.1 Å². The highest BCUT2D eigenvalue weighted by atomic mass is 32.1. The predicted octanol–water partition coefficient (Wildman–Crippen LogP) is 4.84. The average Bonchev–Trinajstić information content (AvgIpc) is 2.95. The second-order valence-corrected chi connectivity index (χ2v) is 7.52. The van der Waals surface area contributed by atoms with Crippen molar-refractivity contribution in [1.82, 2.24) is 9.97 Å². The van der Waals surface area contributed by atoms with Crippen LogP contribution in [-0.4, -0.2) is 16.6 Å². The third-order valence-electron chi connectivity index (χ3n) is 4.37. The number of rotatable bonds is 6. The number of fused-ring (bicyclic) bond motifs is 1. The minimum Gasteiger partial charge on any atom is -0.494 e. The van der Waals surface area contributed by atoms with Crippen molar-refractivity contribution in [3.63, 3.8) is 0 Å². The molecule has 6 heteroatoms. The van der Waals surface area contributed by atoms with Gasteiger partial charge >= 0.3 is 0 Å². The van der Waals surface area contributed by atoms with E-state index in [9.17, 15) is 10.1 Å². The number of hydrogen-bond acceptors (Lipinski definition) is 5. The van der Waals surface area contributed by atoms with Gasteiger partial charge in [0.25, 0.3) is 5.56 Å². The third kappa shape index (κ3) is 4.09. The number of H-pyrrole nitrogens is 1. The van der Waals surface area contributed by atoms with E-state index >= 15 is 0 Å². The van der Waals surface area contributed by atoms with Crippen LogP contribution in [0, 0.1) is 25.2 Å². The molecule has 3 aromatic rings. The van der Waals surface area contributed by atoms with Gasteiger partial charge in [-0.05, 0) is 49.6 Å².